The number of amides is 2. The molecule has 0 aliphatic carbocycles. The summed E-state index contributed by atoms with van der Waals surface area (Å²) in [6.45, 7) is 2.26. The fourth-order valence-corrected chi connectivity index (χ4v) is 1.74. The predicted molar refractivity (Wildman–Crippen MR) is 62.1 cm³/mol. The first-order chi connectivity index (χ1) is 8.58. The number of aliphatic carboxylic acids is 1. The summed E-state index contributed by atoms with van der Waals surface area (Å²) in [6, 6.07) is -1.76. The number of urea groups is 1. The van der Waals surface area contributed by atoms with Crippen molar-refractivity contribution in [1.29, 1.82) is 0 Å². The molecule has 1 atom stereocenters. The first kappa shape index (κ1) is 14.7. The molecule has 2 amide bonds. The van der Waals surface area contributed by atoms with E-state index in [4.69, 9.17) is 15.3 Å². The van der Waals surface area contributed by atoms with Crippen LogP contribution in [0.3, 0.4) is 0 Å². The molecule has 1 aliphatic heterocycles. The summed E-state index contributed by atoms with van der Waals surface area (Å²) < 4.78 is 0. The van der Waals surface area contributed by atoms with Gasteiger partial charge in [0.2, 0.25) is 0 Å². The van der Waals surface area contributed by atoms with E-state index in [1.54, 1.807) is 0 Å². The van der Waals surface area contributed by atoms with Crippen LogP contribution in [0.4, 0.5) is 4.79 Å². The lowest BCUT2D eigenvalue weighted by molar-refractivity contribution is -0.140. The zero-order valence-electron chi connectivity index (χ0n) is 10.1. The molecule has 0 bridgehead atoms. The second kappa shape index (κ2) is 7.14. The maximum atomic E-state index is 11.7. The highest BCUT2D eigenvalue weighted by atomic mass is 16.4. The van der Waals surface area contributed by atoms with Gasteiger partial charge in [0.25, 0.3) is 0 Å². The number of nitrogens with one attached hydrogen (secondary N) is 1. The van der Waals surface area contributed by atoms with Gasteiger partial charge in [-0.25, -0.2) is 9.59 Å². The van der Waals surface area contributed by atoms with Crippen molar-refractivity contribution >= 4 is 12.0 Å². The maximum Gasteiger partial charge on any atom is 0.328 e. The Morgan fingerprint density at radius 3 is 2.22 bits per heavy atom. The van der Waals surface area contributed by atoms with Crippen LogP contribution in [0.5, 0.6) is 0 Å². The zero-order valence-corrected chi connectivity index (χ0v) is 10.1. The number of carboxylic acids is 1. The third-order valence-electron chi connectivity index (χ3n) is 2.85. The van der Waals surface area contributed by atoms with Crippen LogP contribution in [0.15, 0.2) is 0 Å². The van der Waals surface area contributed by atoms with Crippen LogP contribution in [0.1, 0.15) is 0 Å². The minimum atomic E-state index is -1.27. The number of aliphatic hydroxyl groups excluding tert-OH is 2. The SMILES string of the molecule is O=C(O)[C@@H](CO)NC(=O)N1CCN(CCO)CC1. The number of nitrogens with zero attached hydrogens (tertiary/aromatic N) is 2. The van der Waals surface area contributed by atoms with Crippen molar-refractivity contribution in [2.75, 3.05) is 45.9 Å². The number of aliphatic hydroxyl groups is 2. The summed E-state index contributed by atoms with van der Waals surface area (Å²) in [6.07, 6.45) is 0. The number of rotatable bonds is 5. The van der Waals surface area contributed by atoms with E-state index in [-0.39, 0.29) is 6.61 Å². The highest BCUT2D eigenvalue weighted by Crippen LogP contribution is 2.02. The van der Waals surface area contributed by atoms with E-state index < -0.39 is 24.6 Å². The third-order valence-corrected chi connectivity index (χ3v) is 2.85. The fraction of sp³-hybridized carbons (Fsp3) is 0.800. The molecule has 104 valence electrons. The van der Waals surface area contributed by atoms with Crippen LogP contribution in [0, 0.1) is 0 Å². The molecule has 1 saturated heterocycles. The van der Waals surface area contributed by atoms with Crippen molar-refractivity contribution in [3.05, 3.63) is 0 Å². The van der Waals surface area contributed by atoms with Crippen LogP contribution in [-0.4, -0.2) is 89.1 Å². The van der Waals surface area contributed by atoms with E-state index in [0.717, 1.165) is 0 Å². The molecule has 4 N–H and O–H groups in total. The van der Waals surface area contributed by atoms with Gasteiger partial charge in [0.05, 0.1) is 13.2 Å². The van der Waals surface area contributed by atoms with Gasteiger partial charge in [-0.2, -0.15) is 0 Å². The Labute approximate surface area is 105 Å². The Kier molecular flexibility index (Phi) is 5.83. The number of piperazine rings is 1. The van der Waals surface area contributed by atoms with Crippen LogP contribution in [0.2, 0.25) is 0 Å². The fourth-order valence-electron chi connectivity index (χ4n) is 1.74. The Morgan fingerprint density at radius 2 is 1.78 bits per heavy atom. The number of carbonyl (C=O) groups excluding carboxylic acids is 1. The van der Waals surface area contributed by atoms with Crippen LogP contribution in [-0.2, 0) is 4.79 Å². The zero-order chi connectivity index (χ0) is 13.5. The summed E-state index contributed by atoms with van der Waals surface area (Å²) in [4.78, 5) is 25.9. The normalized spacial score (nSPS) is 18.4. The second-order valence-corrected chi connectivity index (χ2v) is 4.08. The molecule has 0 aromatic carbocycles. The second-order valence-electron chi connectivity index (χ2n) is 4.08. The average Bonchev–Trinajstić information content (AvgIpc) is 2.36. The largest absolute Gasteiger partial charge is 0.480 e. The Balaban J connectivity index is 2.38. The van der Waals surface area contributed by atoms with Gasteiger partial charge in [-0.15, -0.1) is 0 Å². The van der Waals surface area contributed by atoms with E-state index >= 15 is 0 Å². The minimum absolute atomic E-state index is 0.0811. The molecule has 0 aromatic rings. The molecule has 1 heterocycles. The highest BCUT2D eigenvalue weighted by molar-refractivity contribution is 5.82. The van der Waals surface area contributed by atoms with E-state index in [2.05, 4.69) is 5.32 Å². The summed E-state index contributed by atoms with van der Waals surface area (Å²) in [5, 5.41) is 28.5. The summed E-state index contributed by atoms with van der Waals surface area (Å²) >= 11 is 0. The first-order valence-electron chi connectivity index (χ1n) is 5.80. The van der Waals surface area contributed by atoms with Crippen molar-refractivity contribution in [3.8, 4) is 0 Å². The number of β-amino-alcohol motifs (C(OH)–C–C–N with tert-alkyl or cyclic N) is 1. The molecule has 8 heteroatoms. The van der Waals surface area contributed by atoms with Gasteiger partial charge in [0.1, 0.15) is 0 Å². The summed E-state index contributed by atoms with van der Waals surface area (Å²) in [5.74, 6) is -1.26. The lowest BCUT2D eigenvalue weighted by Gasteiger charge is -2.34. The number of hydrogen-bond donors (Lipinski definition) is 4. The third kappa shape index (κ3) is 4.13. The highest BCUT2D eigenvalue weighted by Gasteiger charge is 2.25. The van der Waals surface area contributed by atoms with Gasteiger partial charge in [-0.1, -0.05) is 0 Å². The molecule has 0 unspecified atom stereocenters. The van der Waals surface area contributed by atoms with Gasteiger partial charge in [-0.3, -0.25) is 4.90 Å². The van der Waals surface area contributed by atoms with E-state index in [9.17, 15) is 9.59 Å². The maximum absolute atomic E-state index is 11.7. The van der Waals surface area contributed by atoms with Crippen LogP contribution in [0.25, 0.3) is 0 Å². The first-order valence-corrected chi connectivity index (χ1v) is 5.80. The van der Waals surface area contributed by atoms with Crippen molar-refractivity contribution in [2.45, 2.75) is 6.04 Å². The van der Waals surface area contributed by atoms with Gasteiger partial charge >= 0.3 is 12.0 Å². The smallest absolute Gasteiger partial charge is 0.328 e. The molecule has 0 spiro atoms. The molecule has 1 aliphatic rings. The molecule has 18 heavy (non-hydrogen) atoms. The Morgan fingerprint density at radius 1 is 1.17 bits per heavy atom. The standard InChI is InChI=1S/C10H19N3O5/c14-6-5-12-1-3-13(4-2-12)10(18)11-8(7-15)9(16)17/h8,14-15H,1-7H2,(H,11,18)(H,16,17)/t8-/m1/s1. The van der Waals surface area contributed by atoms with Gasteiger partial charge in [-0.05, 0) is 0 Å². The minimum Gasteiger partial charge on any atom is -0.480 e. The summed E-state index contributed by atoms with van der Waals surface area (Å²) in [7, 11) is 0. The monoisotopic (exact) mass is 261 g/mol. The van der Waals surface area contributed by atoms with Crippen molar-refractivity contribution < 1.29 is 24.9 Å². The molecular weight excluding hydrogens is 242 g/mol. The van der Waals surface area contributed by atoms with E-state index in [1.165, 1.54) is 4.90 Å². The molecular formula is C10H19N3O5. The molecule has 0 saturated carbocycles. The predicted octanol–water partition coefficient (Wildman–Crippen LogP) is -2.25. The Hall–Kier alpha value is -1.38. The number of carboxylic acid groups (broad SMARTS) is 1. The van der Waals surface area contributed by atoms with Crippen molar-refractivity contribution in [2.24, 2.45) is 0 Å². The van der Waals surface area contributed by atoms with Crippen LogP contribution >= 0.6 is 0 Å². The lowest BCUT2D eigenvalue weighted by Crippen LogP contribution is -2.55. The van der Waals surface area contributed by atoms with Gasteiger partial charge < -0.3 is 25.5 Å². The number of carbonyl (C=O) groups is 2. The lowest BCUT2D eigenvalue weighted by atomic mass is 10.3. The van der Waals surface area contributed by atoms with E-state index in [1.807, 2.05) is 4.90 Å². The quantitative estimate of drug-likeness (QED) is 0.445. The topological polar surface area (TPSA) is 113 Å². The molecule has 0 aromatic heterocycles. The number of hydrogen-bond acceptors (Lipinski definition) is 5. The molecule has 1 rings (SSSR count). The van der Waals surface area contributed by atoms with Gasteiger partial charge in [0, 0.05) is 32.7 Å². The molecule has 8 nitrogen and oxygen atoms in total. The molecule has 0 radical (unpaired) electrons. The van der Waals surface area contributed by atoms with Crippen molar-refractivity contribution in [3.63, 3.8) is 0 Å². The summed E-state index contributed by atoms with van der Waals surface area (Å²) in [5.41, 5.74) is 0. The van der Waals surface area contributed by atoms with Crippen molar-refractivity contribution in [1.82, 2.24) is 15.1 Å². The molecule has 1 fully saturated rings. The van der Waals surface area contributed by atoms with E-state index in [0.29, 0.717) is 32.7 Å². The Bertz CT molecular complexity index is 291. The average molecular weight is 261 g/mol. The van der Waals surface area contributed by atoms with Gasteiger partial charge in [0.15, 0.2) is 6.04 Å². The van der Waals surface area contributed by atoms with Crippen LogP contribution < -0.4 is 5.32 Å².